The second kappa shape index (κ2) is 22.9. The van der Waals surface area contributed by atoms with Gasteiger partial charge >= 0.3 is 21.4 Å². The first kappa shape index (κ1) is 57.4. The lowest BCUT2D eigenvalue weighted by Gasteiger charge is -2.24. The minimum atomic E-state index is -1.32. The van der Waals surface area contributed by atoms with Gasteiger partial charge < -0.3 is 44.3 Å². The summed E-state index contributed by atoms with van der Waals surface area (Å²) in [5.41, 5.74) is 5.88. The van der Waals surface area contributed by atoms with Crippen molar-refractivity contribution in [1.29, 1.82) is 0 Å². The second-order valence-electron chi connectivity index (χ2n) is 18.2. The molecule has 0 aliphatic carbocycles. The average Bonchev–Trinajstić information content (AvgIpc) is 4.02. The van der Waals surface area contributed by atoms with E-state index in [9.17, 15) is 23.9 Å². The van der Waals surface area contributed by atoms with Gasteiger partial charge in [-0.15, -0.1) is 0 Å². The van der Waals surface area contributed by atoms with E-state index in [1.54, 1.807) is 48.5 Å². The molecule has 24 heteroatoms. The highest BCUT2D eigenvalue weighted by Crippen LogP contribution is 2.43. The summed E-state index contributed by atoms with van der Waals surface area (Å²) in [6.07, 6.45) is 1.54. The third kappa shape index (κ3) is 12.3. The molecule has 0 amide bonds. The van der Waals surface area contributed by atoms with E-state index < -0.39 is 57.1 Å². The fourth-order valence-electron chi connectivity index (χ4n) is 8.22. The lowest BCUT2D eigenvalue weighted by Crippen LogP contribution is -2.29. The van der Waals surface area contributed by atoms with Crippen molar-refractivity contribution in [2.24, 2.45) is 15.5 Å². The van der Waals surface area contributed by atoms with Gasteiger partial charge in [-0.25, -0.2) is 8.78 Å². The quantitative estimate of drug-likeness (QED) is 0.0349. The maximum Gasteiger partial charge on any atom is 0.492 e. The molecule has 0 saturated carbocycles. The lowest BCUT2D eigenvalue weighted by atomic mass is 9.77. The number of oxime groups is 3. The Morgan fingerprint density at radius 2 is 1.12 bits per heavy atom. The fraction of sp³-hybridized carbons (Fsp3) is 0.271. The monoisotopic (exact) mass is 1120 g/mol. The van der Waals surface area contributed by atoms with E-state index in [4.69, 9.17) is 110 Å². The SMILES string of the molecule is C=C(CF)c1cc(Cl)c(Cl)c(Cl)c1.CC1(C)OB(O)c2ccc(/C(Cl)=N/O)cc21.CC1(C)OB(O)c2ccc(/C=N/O)cc21.CC1(C)OB(O)c2ccc(C3=NOC(CF)(c4cc(Cl)c(Cl)c(Cl)c4)C3)cc21. The highest BCUT2D eigenvalue weighted by Gasteiger charge is 2.45. The van der Waals surface area contributed by atoms with Crippen LogP contribution in [0.25, 0.3) is 5.57 Å². The number of fused-ring (bicyclic) bond motifs is 3. The van der Waals surface area contributed by atoms with E-state index in [0.29, 0.717) is 43.5 Å². The first-order chi connectivity index (χ1) is 33.7. The van der Waals surface area contributed by atoms with E-state index in [-0.39, 0.29) is 31.7 Å². The van der Waals surface area contributed by atoms with Crippen molar-refractivity contribution in [3.8, 4) is 0 Å². The molecule has 378 valence electrons. The molecule has 0 spiro atoms. The van der Waals surface area contributed by atoms with Crippen LogP contribution >= 0.6 is 81.2 Å². The summed E-state index contributed by atoms with van der Waals surface area (Å²) < 4.78 is 42.7. The molecule has 1 atom stereocenters. The van der Waals surface area contributed by atoms with Crippen LogP contribution in [0.15, 0.2) is 101 Å². The Balaban J connectivity index is 0.000000166. The van der Waals surface area contributed by atoms with Gasteiger partial charge in [-0.2, -0.15) is 0 Å². The van der Waals surface area contributed by atoms with E-state index in [0.717, 1.165) is 38.7 Å². The molecule has 4 aliphatic heterocycles. The fourth-order valence-corrected chi connectivity index (χ4v) is 9.53. The standard InChI is InChI=1S/C19H16BCl3FNO3.C10H11BClNO3.C10H12BNO3.C9H6Cl3F/c1-18(2)12-5-10(3-4-13(12)20(26)27-18)16-8-19(9-24,28-25-16)11-6-14(21)17(23)15(22)7-11;1-10(2)7-5-6(9(12)13-15)3-4-8(7)11(14)16-10;1-10(2)8-5-7(6-12-14)3-4-9(8)11(13)15-10;1-5(4-13)6-2-7(10)9(12)8(11)3-6/h3-7,26H,8-9H2,1-2H3;3-5,14-15H,1-2H3;3-6,13-14H,1-2H3;2-3H,1,4H2/b;13-9-;12-6+;. The van der Waals surface area contributed by atoms with Crippen LogP contribution in [-0.2, 0) is 41.2 Å². The predicted octanol–water partition coefficient (Wildman–Crippen LogP) is 10.7. The molecule has 1 unspecified atom stereocenters. The maximum absolute atomic E-state index is 14.1. The van der Waals surface area contributed by atoms with Crippen LogP contribution in [0.3, 0.4) is 0 Å². The van der Waals surface area contributed by atoms with Gasteiger partial charge in [0.25, 0.3) is 0 Å². The summed E-state index contributed by atoms with van der Waals surface area (Å²) in [5, 5.41) is 58.0. The number of benzene rings is 5. The van der Waals surface area contributed by atoms with E-state index in [1.807, 2.05) is 59.7 Å². The van der Waals surface area contributed by atoms with Crippen LogP contribution in [0.5, 0.6) is 0 Å². The number of rotatable bonds is 7. The van der Waals surface area contributed by atoms with E-state index in [1.165, 1.54) is 18.3 Å². The van der Waals surface area contributed by atoms with Crippen LogP contribution in [-0.4, -0.2) is 77.3 Å². The third-order valence-corrected chi connectivity index (χ3v) is 14.8. The van der Waals surface area contributed by atoms with Crippen molar-refractivity contribution in [1.82, 2.24) is 0 Å². The van der Waals surface area contributed by atoms with Gasteiger partial charge in [0.05, 0.1) is 58.9 Å². The molecule has 72 heavy (non-hydrogen) atoms. The van der Waals surface area contributed by atoms with Gasteiger partial charge in [0.15, 0.2) is 10.8 Å². The van der Waals surface area contributed by atoms with Crippen LogP contribution < -0.4 is 16.4 Å². The molecule has 0 bridgehead atoms. The number of nitrogens with zero attached hydrogens (tertiary/aromatic N) is 3. The van der Waals surface area contributed by atoms with Crippen molar-refractivity contribution in [2.75, 3.05) is 13.3 Å². The number of allylic oxidation sites excluding steroid dienone is 1. The Morgan fingerprint density at radius 1 is 0.667 bits per heavy atom. The molecule has 9 rings (SSSR count). The molecule has 0 saturated heterocycles. The van der Waals surface area contributed by atoms with Gasteiger partial charge in [0.1, 0.15) is 13.3 Å². The van der Waals surface area contributed by atoms with Crippen LogP contribution in [0.4, 0.5) is 8.78 Å². The molecule has 5 aromatic rings. The number of hydrogen-bond acceptors (Lipinski definition) is 12. The van der Waals surface area contributed by atoms with Crippen molar-refractivity contribution < 1.29 is 53.1 Å². The minimum Gasteiger partial charge on any atom is -0.423 e. The summed E-state index contributed by atoms with van der Waals surface area (Å²) in [6.45, 7) is 13.3. The highest BCUT2D eigenvalue weighted by atomic mass is 35.5. The highest BCUT2D eigenvalue weighted by molar-refractivity contribution is 6.69. The molecular weight excluding hydrogens is 1080 g/mol. The first-order valence-electron chi connectivity index (χ1n) is 21.6. The van der Waals surface area contributed by atoms with Crippen molar-refractivity contribution in [3.05, 3.63) is 160 Å². The normalized spacial score (nSPS) is 18.7. The maximum atomic E-state index is 14.1. The zero-order valence-electron chi connectivity index (χ0n) is 39.3. The Labute approximate surface area is 451 Å². The predicted molar refractivity (Wildman–Crippen MR) is 286 cm³/mol. The van der Waals surface area contributed by atoms with Gasteiger partial charge in [-0.3, -0.25) is 0 Å². The molecule has 5 aromatic carbocycles. The van der Waals surface area contributed by atoms with Crippen LogP contribution in [0.2, 0.25) is 30.1 Å². The number of halogens is 9. The Morgan fingerprint density at radius 3 is 1.60 bits per heavy atom. The molecule has 0 fully saturated rings. The lowest BCUT2D eigenvalue weighted by molar-refractivity contribution is -0.0407. The topological polar surface area (TPSA) is 175 Å². The smallest absolute Gasteiger partial charge is 0.423 e. The van der Waals surface area contributed by atoms with Gasteiger partial charge in [-0.1, -0.05) is 140 Å². The molecule has 4 heterocycles. The van der Waals surface area contributed by atoms with Crippen LogP contribution in [0.1, 0.15) is 92.5 Å². The summed E-state index contributed by atoms with van der Waals surface area (Å²) in [4.78, 5) is 5.56. The van der Waals surface area contributed by atoms with Crippen molar-refractivity contribution in [2.45, 2.75) is 70.4 Å². The van der Waals surface area contributed by atoms with Crippen LogP contribution in [0, 0.1) is 0 Å². The van der Waals surface area contributed by atoms with E-state index in [2.05, 4.69) is 22.0 Å². The molecular formula is C48H45B3Cl7F2N3O9. The summed E-state index contributed by atoms with van der Waals surface area (Å²) in [6, 6.07) is 22.2. The molecule has 0 radical (unpaired) electrons. The van der Waals surface area contributed by atoms with Crippen molar-refractivity contribution >= 4 is 142 Å². The first-order valence-corrected chi connectivity index (χ1v) is 24.3. The molecule has 12 nitrogen and oxygen atoms in total. The summed E-state index contributed by atoms with van der Waals surface area (Å²) in [5.74, 6) is 0. The molecule has 5 N–H and O–H groups in total. The van der Waals surface area contributed by atoms with Crippen molar-refractivity contribution in [3.63, 3.8) is 0 Å². The van der Waals surface area contributed by atoms with Gasteiger partial charge in [0, 0.05) is 17.5 Å². The summed E-state index contributed by atoms with van der Waals surface area (Å²) >= 11 is 41.1. The largest absolute Gasteiger partial charge is 0.492 e. The van der Waals surface area contributed by atoms with Gasteiger partial charge in [-0.05, 0) is 139 Å². The number of alkyl halides is 2. The minimum absolute atomic E-state index is 0.0139. The molecule has 0 aromatic heterocycles. The Bertz CT molecular complexity index is 2940. The number of hydrogen-bond donors (Lipinski definition) is 5. The van der Waals surface area contributed by atoms with E-state index >= 15 is 0 Å². The third-order valence-electron chi connectivity index (χ3n) is 12.1. The summed E-state index contributed by atoms with van der Waals surface area (Å²) in [7, 11) is -2.75. The zero-order chi connectivity index (χ0) is 53.2. The zero-order valence-corrected chi connectivity index (χ0v) is 44.5. The Hall–Kier alpha value is -3.91. The van der Waals surface area contributed by atoms with Gasteiger partial charge in [0.2, 0.25) is 0 Å². The second-order valence-corrected chi connectivity index (χ2v) is 20.9. The average molecular weight is 1130 g/mol. The Kier molecular flexibility index (Phi) is 18.3. The molecule has 4 aliphatic rings.